The van der Waals surface area contributed by atoms with Crippen molar-refractivity contribution in [1.29, 1.82) is 0 Å². The van der Waals surface area contributed by atoms with Crippen molar-refractivity contribution in [2.45, 2.75) is 32.3 Å². The fourth-order valence-corrected chi connectivity index (χ4v) is 5.02. The van der Waals surface area contributed by atoms with Gasteiger partial charge in [-0.15, -0.1) is 0 Å². The summed E-state index contributed by atoms with van der Waals surface area (Å²) in [6, 6.07) is 3.73. The van der Waals surface area contributed by atoms with Crippen molar-refractivity contribution in [3.63, 3.8) is 0 Å². The maximum atomic E-state index is 13.4. The van der Waals surface area contributed by atoms with Gasteiger partial charge in [-0.25, -0.2) is 4.98 Å². The van der Waals surface area contributed by atoms with Gasteiger partial charge in [0.2, 0.25) is 0 Å². The highest BCUT2D eigenvalue weighted by atomic mass is 32.2. The molecule has 0 spiro atoms. The van der Waals surface area contributed by atoms with Gasteiger partial charge in [0.05, 0.1) is 16.6 Å². The molecule has 2 aromatic heterocycles. The molecule has 0 saturated carbocycles. The second-order valence-corrected chi connectivity index (χ2v) is 9.49. The maximum absolute atomic E-state index is 13.4. The van der Waals surface area contributed by atoms with Crippen LogP contribution in [0.2, 0.25) is 0 Å². The van der Waals surface area contributed by atoms with E-state index in [1.165, 1.54) is 16.2 Å². The van der Waals surface area contributed by atoms with Gasteiger partial charge in [0.15, 0.2) is 0 Å². The van der Waals surface area contributed by atoms with Gasteiger partial charge in [0, 0.05) is 39.6 Å². The third-order valence-corrected chi connectivity index (χ3v) is 6.78. The van der Waals surface area contributed by atoms with Gasteiger partial charge in [-0.1, -0.05) is 30.0 Å². The zero-order valence-electron chi connectivity index (χ0n) is 18.1. The molecule has 1 N–H and O–H groups in total. The van der Waals surface area contributed by atoms with Crippen molar-refractivity contribution in [3.05, 3.63) is 44.7 Å². The normalized spacial score (nSPS) is 20.1. The number of hydrogen-bond acceptors (Lipinski definition) is 8. The van der Waals surface area contributed by atoms with Crippen molar-refractivity contribution < 1.29 is 14.3 Å². The van der Waals surface area contributed by atoms with Gasteiger partial charge in [-0.2, -0.15) is 0 Å². The molecule has 4 rings (SSSR count). The largest absolute Gasteiger partial charge is 0.385 e. The zero-order valence-corrected chi connectivity index (χ0v) is 19.8. The number of methoxy groups -OCH3 is 1. The molecular weight excluding hydrogens is 448 g/mol. The molecule has 0 bridgehead atoms. The third-order valence-electron chi connectivity index (χ3n) is 5.41. The predicted octanol–water partition coefficient (Wildman–Crippen LogP) is 2.83. The highest BCUT2D eigenvalue weighted by Crippen LogP contribution is 2.33. The van der Waals surface area contributed by atoms with Crippen LogP contribution in [0.5, 0.6) is 0 Å². The Balaban J connectivity index is 1.70. The first-order valence-electron chi connectivity index (χ1n) is 10.6. The number of nitrogens with one attached hydrogen (secondary N) is 1. The van der Waals surface area contributed by atoms with Crippen molar-refractivity contribution in [2.75, 3.05) is 38.7 Å². The van der Waals surface area contributed by atoms with E-state index in [1.807, 2.05) is 19.1 Å². The molecule has 4 heterocycles. The molecule has 10 heteroatoms. The summed E-state index contributed by atoms with van der Waals surface area (Å²) in [5, 5.41) is 3.28. The van der Waals surface area contributed by atoms with Gasteiger partial charge < -0.3 is 14.8 Å². The number of fused-ring (bicyclic) bond motifs is 1. The zero-order chi connectivity index (χ0) is 22.7. The van der Waals surface area contributed by atoms with Crippen molar-refractivity contribution in [2.24, 2.45) is 0 Å². The first-order chi connectivity index (χ1) is 15.5. The van der Waals surface area contributed by atoms with Crippen LogP contribution in [0.1, 0.15) is 30.4 Å². The van der Waals surface area contributed by atoms with Gasteiger partial charge in [-0.3, -0.25) is 18.9 Å². The standard InChI is InChI=1S/C22H26N4O4S2/c1-14-6-7-18-24-19(23-12-15-5-3-10-30-15)16(20(27)26(18)13-14)11-17-21(28)25(22(31)32-17)8-4-9-29-2/h6-7,11,13,15,23H,3-5,8-10,12H2,1-2H3/b17-11+. The SMILES string of the molecule is COCCCN1C(=O)/C(=C\c2c(NCC3CCCO3)nc3ccc(C)cn3c2=O)SC1=S. The molecule has 1 unspecified atom stereocenters. The van der Waals surface area contributed by atoms with Crippen LogP contribution in [0, 0.1) is 6.92 Å². The van der Waals surface area contributed by atoms with E-state index in [1.54, 1.807) is 24.3 Å². The van der Waals surface area contributed by atoms with E-state index in [0.29, 0.717) is 52.4 Å². The van der Waals surface area contributed by atoms with Gasteiger partial charge >= 0.3 is 0 Å². The highest BCUT2D eigenvalue weighted by Gasteiger charge is 2.32. The second kappa shape index (κ2) is 10.1. The van der Waals surface area contributed by atoms with Crippen LogP contribution < -0.4 is 10.9 Å². The minimum absolute atomic E-state index is 0.0834. The lowest BCUT2D eigenvalue weighted by molar-refractivity contribution is -0.122. The smallest absolute Gasteiger partial charge is 0.267 e. The summed E-state index contributed by atoms with van der Waals surface area (Å²) in [6.45, 7) is 4.24. The van der Waals surface area contributed by atoms with Crippen LogP contribution in [-0.4, -0.2) is 64.0 Å². The molecule has 0 aromatic carbocycles. The molecule has 8 nitrogen and oxygen atoms in total. The Labute approximate surface area is 196 Å². The van der Waals surface area contributed by atoms with Crippen LogP contribution in [0.4, 0.5) is 5.82 Å². The number of aromatic nitrogens is 2. The molecule has 2 aliphatic rings. The van der Waals surface area contributed by atoms with Crippen molar-refractivity contribution >= 4 is 51.7 Å². The molecule has 1 amide bonds. The molecule has 32 heavy (non-hydrogen) atoms. The van der Waals surface area contributed by atoms with Crippen LogP contribution in [-0.2, 0) is 14.3 Å². The van der Waals surface area contributed by atoms with E-state index < -0.39 is 0 Å². The van der Waals surface area contributed by atoms with Gasteiger partial charge in [0.25, 0.3) is 11.5 Å². The van der Waals surface area contributed by atoms with Crippen molar-refractivity contribution in [3.8, 4) is 0 Å². The van der Waals surface area contributed by atoms with Crippen molar-refractivity contribution in [1.82, 2.24) is 14.3 Å². The van der Waals surface area contributed by atoms with E-state index in [2.05, 4.69) is 10.3 Å². The first-order valence-corrected chi connectivity index (χ1v) is 11.8. The summed E-state index contributed by atoms with van der Waals surface area (Å²) in [4.78, 5) is 33.0. The Bertz CT molecular complexity index is 1120. The molecular formula is C22H26N4O4S2. The highest BCUT2D eigenvalue weighted by molar-refractivity contribution is 8.26. The summed E-state index contributed by atoms with van der Waals surface area (Å²) < 4.78 is 12.8. The number of hydrogen-bond donors (Lipinski definition) is 1. The number of amides is 1. The number of thiocarbonyl (C=S) groups is 1. The summed E-state index contributed by atoms with van der Waals surface area (Å²) >= 11 is 6.60. The van der Waals surface area contributed by atoms with Gasteiger partial charge in [-0.05, 0) is 43.9 Å². The summed E-state index contributed by atoms with van der Waals surface area (Å²) in [5.74, 6) is 0.244. The number of aryl methyl sites for hydroxylation is 1. The van der Waals surface area contributed by atoms with E-state index in [-0.39, 0.29) is 17.6 Å². The maximum Gasteiger partial charge on any atom is 0.267 e. The number of carbonyl (C=O) groups excluding carboxylic acids is 1. The Morgan fingerprint density at radius 1 is 1.41 bits per heavy atom. The van der Waals surface area contributed by atoms with Crippen LogP contribution in [0.3, 0.4) is 0 Å². The van der Waals surface area contributed by atoms with Gasteiger partial charge in [0.1, 0.15) is 15.8 Å². The molecule has 2 fully saturated rings. The number of rotatable bonds is 8. The number of pyridine rings is 1. The molecule has 2 aliphatic heterocycles. The fourth-order valence-electron chi connectivity index (χ4n) is 3.73. The predicted molar refractivity (Wildman–Crippen MR) is 130 cm³/mol. The molecule has 1 atom stereocenters. The number of nitrogens with zero attached hydrogens (tertiary/aromatic N) is 3. The Kier molecular flexibility index (Phi) is 7.24. The molecule has 0 aliphatic carbocycles. The van der Waals surface area contributed by atoms with E-state index >= 15 is 0 Å². The number of thioether (sulfide) groups is 1. The number of carbonyl (C=O) groups is 1. The first kappa shape index (κ1) is 22.9. The Morgan fingerprint density at radius 3 is 3.00 bits per heavy atom. The minimum Gasteiger partial charge on any atom is -0.385 e. The average molecular weight is 475 g/mol. The monoisotopic (exact) mass is 474 g/mol. The molecule has 2 aromatic rings. The van der Waals surface area contributed by atoms with E-state index in [4.69, 9.17) is 21.7 Å². The lowest BCUT2D eigenvalue weighted by Gasteiger charge is -2.15. The molecule has 170 valence electrons. The lowest BCUT2D eigenvalue weighted by Crippen LogP contribution is -2.29. The molecule has 2 saturated heterocycles. The summed E-state index contributed by atoms with van der Waals surface area (Å²) in [7, 11) is 1.62. The molecule has 0 radical (unpaired) electrons. The van der Waals surface area contributed by atoms with Crippen LogP contribution in [0.15, 0.2) is 28.0 Å². The van der Waals surface area contributed by atoms with E-state index in [0.717, 1.165) is 25.0 Å². The Morgan fingerprint density at radius 2 is 2.25 bits per heavy atom. The number of anilines is 1. The quantitative estimate of drug-likeness (QED) is 0.355. The van der Waals surface area contributed by atoms with Crippen LogP contribution in [0.25, 0.3) is 11.7 Å². The Hall–Kier alpha value is -2.27. The topological polar surface area (TPSA) is 85.2 Å². The van der Waals surface area contributed by atoms with Crippen LogP contribution >= 0.6 is 24.0 Å². The number of ether oxygens (including phenoxy) is 2. The fraction of sp³-hybridized carbons (Fsp3) is 0.455. The van der Waals surface area contributed by atoms with E-state index in [9.17, 15) is 9.59 Å². The summed E-state index contributed by atoms with van der Waals surface area (Å²) in [6.07, 6.45) is 6.12. The summed E-state index contributed by atoms with van der Waals surface area (Å²) in [5.41, 5.74) is 1.58. The minimum atomic E-state index is -0.238. The third kappa shape index (κ3) is 4.88. The lowest BCUT2D eigenvalue weighted by atomic mass is 10.2. The average Bonchev–Trinajstić information content (AvgIpc) is 3.38. The second-order valence-electron chi connectivity index (χ2n) is 7.81.